The van der Waals surface area contributed by atoms with Crippen molar-refractivity contribution < 1.29 is 9.90 Å². The van der Waals surface area contributed by atoms with Crippen molar-refractivity contribution in [2.45, 2.75) is 6.92 Å². The third-order valence-corrected chi connectivity index (χ3v) is 4.80. The SMILES string of the molecule is Cc1cccc(N=Cc2c(-c3ccccc3)[nH]n(-c3ccccc3)c2=O)c1C(=O)O. The van der Waals surface area contributed by atoms with Gasteiger partial charge in [0.05, 0.1) is 28.2 Å². The lowest BCUT2D eigenvalue weighted by atomic mass is 10.1. The van der Waals surface area contributed by atoms with E-state index in [9.17, 15) is 14.7 Å². The molecule has 0 radical (unpaired) electrons. The van der Waals surface area contributed by atoms with Gasteiger partial charge in [0.2, 0.25) is 0 Å². The molecule has 1 aromatic heterocycles. The molecule has 4 rings (SSSR count). The van der Waals surface area contributed by atoms with Crippen molar-refractivity contribution in [2.75, 3.05) is 0 Å². The number of benzene rings is 3. The number of aromatic nitrogens is 2. The maximum absolute atomic E-state index is 13.2. The highest BCUT2D eigenvalue weighted by Crippen LogP contribution is 2.24. The summed E-state index contributed by atoms with van der Waals surface area (Å²) >= 11 is 0. The molecule has 0 unspecified atom stereocenters. The zero-order valence-electron chi connectivity index (χ0n) is 16.2. The van der Waals surface area contributed by atoms with Crippen LogP contribution in [-0.4, -0.2) is 27.1 Å². The Hall–Kier alpha value is -4.19. The summed E-state index contributed by atoms with van der Waals surface area (Å²) in [6.45, 7) is 1.72. The Labute approximate surface area is 172 Å². The van der Waals surface area contributed by atoms with Gasteiger partial charge < -0.3 is 5.11 Å². The van der Waals surface area contributed by atoms with Crippen molar-refractivity contribution >= 4 is 17.9 Å². The molecule has 0 saturated heterocycles. The number of aromatic carboxylic acids is 1. The molecule has 0 amide bonds. The number of carbonyl (C=O) groups is 1. The van der Waals surface area contributed by atoms with Crippen LogP contribution in [0.1, 0.15) is 21.5 Å². The molecule has 0 saturated carbocycles. The van der Waals surface area contributed by atoms with E-state index in [-0.39, 0.29) is 11.1 Å². The summed E-state index contributed by atoms with van der Waals surface area (Å²) < 4.78 is 1.46. The van der Waals surface area contributed by atoms with Crippen molar-refractivity contribution in [1.82, 2.24) is 9.78 Å². The highest BCUT2D eigenvalue weighted by molar-refractivity contribution is 5.97. The quantitative estimate of drug-likeness (QED) is 0.483. The second-order valence-corrected chi connectivity index (χ2v) is 6.78. The first-order valence-electron chi connectivity index (χ1n) is 9.39. The summed E-state index contributed by atoms with van der Waals surface area (Å²) in [6, 6.07) is 23.8. The van der Waals surface area contributed by atoms with Crippen molar-refractivity contribution in [3.63, 3.8) is 0 Å². The Balaban J connectivity index is 1.89. The Kier molecular flexibility index (Phi) is 5.13. The molecule has 6 heteroatoms. The molecule has 0 aliphatic carbocycles. The van der Waals surface area contributed by atoms with Crippen molar-refractivity contribution in [2.24, 2.45) is 4.99 Å². The number of nitrogens with one attached hydrogen (secondary N) is 1. The summed E-state index contributed by atoms with van der Waals surface area (Å²) in [5.74, 6) is -1.06. The number of aromatic amines is 1. The van der Waals surface area contributed by atoms with Crippen LogP contribution in [0.5, 0.6) is 0 Å². The molecule has 3 aromatic carbocycles. The van der Waals surface area contributed by atoms with Gasteiger partial charge in [-0.2, -0.15) is 0 Å². The van der Waals surface area contributed by atoms with Gasteiger partial charge in [-0.3, -0.25) is 14.9 Å². The number of para-hydroxylation sites is 1. The van der Waals surface area contributed by atoms with E-state index in [0.29, 0.717) is 28.2 Å². The highest BCUT2D eigenvalue weighted by atomic mass is 16.4. The Morgan fingerprint density at radius 1 is 0.967 bits per heavy atom. The Bertz CT molecular complexity index is 1290. The average molecular weight is 397 g/mol. The lowest BCUT2D eigenvalue weighted by Gasteiger charge is -2.04. The van der Waals surface area contributed by atoms with Crippen LogP contribution in [0.3, 0.4) is 0 Å². The maximum Gasteiger partial charge on any atom is 0.338 e. The van der Waals surface area contributed by atoms with E-state index in [1.807, 2.05) is 60.7 Å². The Morgan fingerprint density at radius 3 is 2.30 bits per heavy atom. The minimum absolute atomic E-state index is 0.119. The van der Waals surface area contributed by atoms with Gasteiger partial charge in [0.1, 0.15) is 0 Å². The predicted molar refractivity (Wildman–Crippen MR) is 117 cm³/mol. The van der Waals surface area contributed by atoms with Crippen LogP contribution in [0.25, 0.3) is 16.9 Å². The molecule has 0 spiro atoms. The van der Waals surface area contributed by atoms with Gasteiger partial charge in [0.15, 0.2) is 0 Å². The molecule has 30 heavy (non-hydrogen) atoms. The van der Waals surface area contributed by atoms with Gasteiger partial charge >= 0.3 is 5.97 Å². The van der Waals surface area contributed by atoms with E-state index >= 15 is 0 Å². The molecule has 0 atom stereocenters. The smallest absolute Gasteiger partial charge is 0.338 e. The molecule has 6 nitrogen and oxygen atoms in total. The normalized spacial score (nSPS) is 11.1. The first kappa shape index (κ1) is 19.1. The second-order valence-electron chi connectivity index (χ2n) is 6.78. The van der Waals surface area contributed by atoms with Crippen LogP contribution in [0.2, 0.25) is 0 Å². The van der Waals surface area contributed by atoms with Crippen LogP contribution >= 0.6 is 0 Å². The van der Waals surface area contributed by atoms with E-state index in [1.54, 1.807) is 25.1 Å². The van der Waals surface area contributed by atoms with E-state index in [4.69, 9.17) is 0 Å². The van der Waals surface area contributed by atoms with Crippen molar-refractivity contribution in [3.05, 3.63) is 106 Å². The molecular formula is C24H19N3O3. The van der Waals surface area contributed by atoms with Gasteiger partial charge in [0, 0.05) is 11.8 Å². The number of carboxylic acids is 1. The summed E-state index contributed by atoms with van der Waals surface area (Å²) in [6.07, 6.45) is 1.43. The van der Waals surface area contributed by atoms with E-state index < -0.39 is 5.97 Å². The van der Waals surface area contributed by atoms with Crippen molar-refractivity contribution in [3.8, 4) is 16.9 Å². The Morgan fingerprint density at radius 2 is 1.63 bits per heavy atom. The van der Waals surface area contributed by atoms with Crippen LogP contribution in [-0.2, 0) is 0 Å². The first-order valence-corrected chi connectivity index (χ1v) is 9.39. The van der Waals surface area contributed by atoms with Gasteiger partial charge in [-0.25, -0.2) is 9.48 Å². The minimum Gasteiger partial charge on any atom is -0.478 e. The molecule has 0 fully saturated rings. The molecule has 148 valence electrons. The first-order chi connectivity index (χ1) is 14.6. The van der Waals surface area contributed by atoms with Crippen LogP contribution < -0.4 is 5.56 Å². The number of rotatable bonds is 5. The summed E-state index contributed by atoms with van der Waals surface area (Å²) in [5, 5.41) is 12.7. The number of hydrogen-bond acceptors (Lipinski definition) is 3. The van der Waals surface area contributed by atoms with Crippen LogP contribution in [0, 0.1) is 6.92 Å². The molecule has 4 aromatic rings. The van der Waals surface area contributed by atoms with E-state index in [0.717, 1.165) is 5.56 Å². The third kappa shape index (κ3) is 3.58. The second kappa shape index (κ2) is 8.05. The number of aryl methyl sites for hydroxylation is 1. The fourth-order valence-corrected chi connectivity index (χ4v) is 3.33. The zero-order valence-corrected chi connectivity index (χ0v) is 16.2. The number of carboxylic acid groups (broad SMARTS) is 1. The molecule has 0 aliphatic rings. The number of hydrogen-bond donors (Lipinski definition) is 2. The minimum atomic E-state index is -1.06. The summed E-state index contributed by atoms with van der Waals surface area (Å²) in [5.41, 5.74) is 3.24. The number of aliphatic imine (C=N–C) groups is 1. The zero-order chi connectivity index (χ0) is 21.1. The predicted octanol–water partition coefficient (Wildman–Crippen LogP) is 4.59. The standard InChI is InChI=1S/C24H19N3O3/c1-16-9-8-14-20(21(16)24(29)30)25-15-19-22(17-10-4-2-5-11-17)26-27(23(19)28)18-12-6-3-7-13-18/h2-15,26H,1H3,(H,29,30). The number of H-pyrrole nitrogens is 1. The summed E-state index contributed by atoms with van der Waals surface area (Å²) in [7, 11) is 0. The number of nitrogens with zero attached hydrogens (tertiary/aromatic N) is 2. The van der Waals surface area contributed by atoms with Gasteiger partial charge in [0.25, 0.3) is 5.56 Å². The fraction of sp³-hybridized carbons (Fsp3) is 0.0417. The van der Waals surface area contributed by atoms with E-state index in [1.165, 1.54) is 10.9 Å². The van der Waals surface area contributed by atoms with Crippen molar-refractivity contribution in [1.29, 1.82) is 0 Å². The third-order valence-electron chi connectivity index (χ3n) is 4.80. The van der Waals surface area contributed by atoms with E-state index in [2.05, 4.69) is 10.1 Å². The topological polar surface area (TPSA) is 87.5 Å². The molecular weight excluding hydrogens is 378 g/mol. The molecule has 2 N–H and O–H groups in total. The fourth-order valence-electron chi connectivity index (χ4n) is 3.33. The molecule has 0 bridgehead atoms. The van der Waals surface area contributed by atoms with Gasteiger partial charge in [-0.05, 0) is 30.7 Å². The lowest BCUT2D eigenvalue weighted by Crippen LogP contribution is -2.17. The van der Waals surface area contributed by atoms with Gasteiger partial charge in [-0.1, -0.05) is 60.7 Å². The van der Waals surface area contributed by atoms with Gasteiger partial charge in [-0.15, -0.1) is 0 Å². The highest BCUT2D eigenvalue weighted by Gasteiger charge is 2.16. The molecule has 1 heterocycles. The van der Waals surface area contributed by atoms with Crippen LogP contribution in [0.15, 0.2) is 88.6 Å². The monoisotopic (exact) mass is 397 g/mol. The maximum atomic E-state index is 13.2. The molecule has 0 aliphatic heterocycles. The lowest BCUT2D eigenvalue weighted by molar-refractivity contribution is 0.0697. The van der Waals surface area contributed by atoms with Crippen LogP contribution in [0.4, 0.5) is 5.69 Å². The largest absolute Gasteiger partial charge is 0.478 e. The summed E-state index contributed by atoms with van der Waals surface area (Å²) in [4.78, 5) is 29.2. The average Bonchev–Trinajstić information content (AvgIpc) is 3.09.